The molecular formula is C20H22N2O5. The highest BCUT2D eigenvalue weighted by atomic mass is 16.5. The van der Waals surface area contributed by atoms with E-state index in [0.717, 1.165) is 5.56 Å². The second-order valence-electron chi connectivity index (χ2n) is 5.72. The van der Waals surface area contributed by atoms with Crippen LogP contribution < -0.4 is 15.4 Å². The molecule has 0 aromatic heterocycles. The minimum absolute atomic E-state index is 0.279. The summed E-state index contributed by atoms with van der Waals surface area (Å²) in [5.74, 6) is -1.08. The quantitative estimate of drug-likeness (QED) is 0.684. The third-order valence-corrected chi connectivity index (χ3v) is 3.86. The smallest absolute Gasteiger partial charge is 0.328 e. The van der Waals surface area contributed by atoms with Crippen molar-refractivity contribution in [3.63, 3.8) is 0 Å². The van der Waals surface area contributed by atoms with Crippen LogP contribution in [0.25, 0.3) is 0 Å². The number of rotatable bonds is 8. The average molecular weight is 370 g/mol. The highest BCUT2D eigenvalue weighted by Crippen LogP contribution is 2.16. The van der Waals surface area contributed by atoms with E-state index in [1.54, 1.807) is 24.3 Å². The van der Waals surface area contributed by atoms with Crippen molar-refractivity contribution in [1.29, 1.82) is 0 Å². The van der Waals surface area contributed by atoms with Crippen molar-refractivity contribution in [2.24, 2.45) is 0 Å². The number of carbonyl (C=O) groups excluding carboxylic acids is 3. The number of methoxy groups -OCH3 is 2. The molecule has 0 aliphatic carbocycles. The maximum Gasteiger partial charge on any atom is 0.328 e. The van der Waals surface area contributed by atoms with Crippen LogP contribution in [-0.2, 0) is 20.7 Å². The normalized spacial score (nSPS) is 11.2. The van der Waals surface area contributed by atoms with Crippen LogP contribution in [0.5, 0.6) is 5.75 Å². The Bertz CT molecular complexity index is 792. The molecule has 0 saturated carbocycles. The number of hydrogen-bond donors (Lipinski definition) is 2. The molecule has 0 saturated heterocycles. The molecule has 142 valence electrons. The predicted molar refractivity (Wildman–Crippen MR) is 99.4 cm³/mol. The van der Waals surface area contributed by atoms with Crippen molar-refractivity contribution < 1.29 is 23.9 Å². The van der Waals surface area contributed by atoms with Crippen molar-refractivity contribution in [3.05, 3.63) is 65.7 Å². The summed E-state index contributed by atoms with van der Waals surface area (Å²) in [4.78, 5) is 36.4. The van der Waals surface area contributed by atoms with Gasteiger partial charge in [-0.25, -0.2) is 4.79 Å². The van der Waals surface area contributed by atoms with Gasteiger partial charge in [-0.3, -0.25) is 9.59 Å². The molecule has 0 heterocycles. The third-order valence-electron chi connectivity index (χ3n) is 3.86. The fourth-order valence-corrected chi connectivity index (χ4v) is 2.52. The third kappa shape index (κ3) is 5.85. The summed E-state index contributed by atoms with van der Waals surface area (Å²) in [7, 11) is 2.72. The Morgan fingerprint density at radius 2 is 1.63 bits per heavy atom. The maximum atomic E-state index is 12.2. The fraction of sp³-hybridized carbons (Fsp3) is 0.250. The number of esters is 1. The first-order chi connectivity index (χ1) is 13.0. The Hall–Kier alpha value is -3.35. The molecule has 0 radical (unpaired) electrons. The average Bonchev–Trinajstić information content (AvgIpc) is 2.71. The first kappa shape index (κ1) is 20.0. The molecule has 7 nitrogen and oxygen atoms in total. The van der Waals surface area contributed by atoms with E-state index in [2.05, 4.69) is 10.6 Å². The van der Waals surface area contributed by atoms with Crippen LogP contribution in [0.2, 0.25) is 0 Å². The molecule has 0 fully saturated rings. The number of amides is 2. The summed E-state index contributed by atoms with van der Waals surface area (Å²) in [5, 5.41) is 5.11. The van der Waals surface area contributed by atoms with E-state index in [9.17, 15) is 14.4 Å². The van der Waals surface area contributed by atoms with Gasteiger partial charge in [-0.1, -0.05) is 42.5 Å². The van der Waals surface area contributed by atoms with Crippen molar-refractivity contribution in [2.75, 3.05) is 20.8 Å². The van der Waals surface area contributed by atoms with E-state index in [-0.39, 0.29) is 6.54 Å². The van der Waals surface area contributed by atoms with E-state index in [1.165, 1.54) is 14.2 Å². The zero-order valence-electron chi connectivity index (χ0n) is 15.2. The Balaban J connectivity index is 1.95. The van der Waals surface area contributed by atoms with E-state index in [1.807, 2.05) is 30.3 Å². The minimum atomic E-state index is -0.840. The summed E-state index contributed by atoms with van der Waals surface area (Å²) in [6.45, 7) is -0.279. The summed E-state index contributed by atoms with van der Waals surface area (Å²) >= 11 is 0. The SMILES string of the molecule is COC(=O)[C@@H](Cc1ccccc1)NC(=O)CNC(=O)c1ccccc1OC. The van der Waals surface area contributed by atoms with Gasteiger partial charge < -0.3 is 20.1 Å². The molecule has 2 aromatic rings. The molecule has 0 unspecified atom stereocenters. The Labute approximate surface area is 157 Å². The topological polar surface area (TPSA) is 93.7 Å². The van der Waals surface area contributed by atoms with Gasteiger partial charge >= 0.3 is 5.97 Å². The second kappa shape index (κ2) is 9.96. The number of para-hydroxylation sites is 1. The zero-order chi connectivity index (χ0) is 19.6. The van der Waals surface area contributed by atoms with Crippen LogP contribution in [0.15, 0.2) is 54.6 Å². The number of carbonyl (C=O) groups is 3. The van der Waals surface area contributed by atoms with Crippen LogP contribution in [-0.4, -0.2) is 44.6 Å². The van der Waals surface area contributed by atoms with Gasteiger partial charge in [-0.15, -0.1) is 0 Å². The molecule has 0 spiro atoms. The first-order valence-electron chi connectivity index (χ1n) is 8.37. The number of ether oxygens (including phenoxy) is 2. The van der Waals surface area contributed by atoms with E-state index in [4.69, 9.17) is 9.47 Å². The summed E-state index contributed by atoms with van der Waals surface area (Å²) < 4.78 is 9.88. The highest BCUT2D eigenvalue weighted by molar-refractivity contribution is 5.99. The second-order valence-corrected chi connectivity index (χ2v) is 5.72. The van der Waals surface area contributed by atoms with Gasteiger partial charge in [0.15, 0.2) is 0 Å². The molecule has 7 heteroatoms. The van der Waals surface area contributed by atoms with Crippen LogP contribution >= 0.6 is 0 Å². The number of hydrogen-bond acceptors (Lipinski definition) is 5. The molecule has 0 aliphatic rings. The number of benzene rings is 2. The summed E-state index contributed by atoms with van der Waals surface area (Å²) in [5.41, 5.74) is 1.20. The number of nitrogens with one attached hydrogen (secondary N) is 2. The van der Waals surface area contributed by atoms with E-state index in [0.29, 0.717) is 17.7 Å². The van der Waals surface area contributed by atoms with Gasteiger partial charge in [0.25, 0.3) is 5.91 Å². The van der Waals surface area contributed by atoms with Gasteiger partial charge in [-0.05, 0) is 17.7 Å². The Kier molecular flexibility index (Phi) is 7.37. The van der Waals surface area contributed by atoms with Crippen LogP contribution in [0.4, 0.5) is 0 Å². The lowest BCUT2D eigenvalue weighted by molar-refractivity contribution is -0.144. The molecule has 1 atom stereocenters. The molecule has 0 aliphatic heterocycles. The lowest BCUT2D eigenvalue weighted by Crippen LogP contribution is -2.47. The van der Waals surface area contributed by atoms with Crippen LogP contribution in [0.1, 0.15) is 15.9 Å². The maximum absolute atomic E-state index is 12.2. The van der Waals surface area contributed by atoms with E-state index >= 15 is 0 Å². The molecule has 0 bridgehead atoms. The molecule has 2 amide bonds. The van der Waals surface area contributed by atoms with Crippen molar-refractivity contribution in [3.8, 4) is 5.75 Å². The lowest BCUT2D eigenvalue weighted by atomic mass is 10.1. The zero-order valence-corrected chi connectivity index (χ0v) is 15.2. The van der Waals surface area contributed by atoms with Gasteiger partial charge in [-0.2, -0.15) is 0 Å². The standard InChI is InChI=1S/C20H22N2O5/c1-26-17-11-7-6-10-15(17)19(24)21-13-18(23)22-16(20(25)27-2)12-14-8-4-3-5-9-14/h3-11,16H,12-13H2,1-2H3,(H,21,24)(H,22,23)/t16-/m1/s1. The van der Waals surface area contributed by atoms with Crippen molar-refractivity contribution in [2.45, 2.75) is 12.5 Å². The van der Waals surface area contributed by atoms with Crippen LogP contribution in [0.3, 0.4) is 0 Å². The van der Waals surface area contributed by atoms with Gasteiger partial charge in [0.2, 0.25) is 5.91 Å². The van der Waals surface area contributed by atoms with Crippen molar-refractivity contribution >= 4 is 17.8 Å². The largest absolute Gasteiger partial charge is 0.496 e. The minimum Gasteiger partial charge on any atom is -0.496 e. The van der Waals surface area contributed by atoms with Gasteiger partial charge in [0.05, 0.1) is 26.3 Å². The monoisotopic (exact) mass is 370 g/mol. The molecular weight excluding hydrogens is 348 g/mol. The molecule has 2 N–H and O–H groups in total. The van der Waals surface area contributed by atoms with Gasteiger partial charge in [0, 0.05) is 6.42 Å². The van der Waals surface area contributed by atoms with Crippen molar-refractivity contribution in [1.82, 2.24) is 10.6 Å². The first-order valence-corrected chi connectivity index (χ1v) is 8.37. The summed E-state index contributed by atoms with van der Waals surface area (Å²) in [6, 6.07) is 15.1. The predicted octanol–water partition coefficient (Wildman–Crippen LogP) is 1.33. The molecule has 2 aromatic carbocycles. The van der Waals surface area contributed by atoms with E-state index < -0.39 is 23.8 Å². The summed E-state index contributed by atoms with van der Waals surface area (Å²) in [6.07, 6.45) is 0.291. The lowest BCUT2D eigenvalue weighted by Gasteiger charge is -2.17. The molecule has 2 rings (SSSR count). The Morgan fingerprint density at radius 3 is 2.30 bits per heavy atom. The van der Waals surface area contributed by atoms with Crippen LogP contribution in [0, 0.1) is 0 Å². The Morgan fingerprint density at radius 1 is 0.963 bits per heavy atom. The molecule has 27 heavy (non-hydrogen) atoms. The highest BCUT2D eigenvalue weighted by Gasteiger charge is 2.22. The fourth-order valence-electron chi connectivity index (χ4n) is 2.52. The van der Waals surface area contributed by atoms with Gasteiger partial charge in [0.1, 0.15) is 11.8 Å².